The number of aryl methyl sites for hydroxylation is 1. The number of methoxy groups -OCH3 is 1. The Morgan fingerprint density at radius 2 is 0.860 bits per heavy atom. The van der Waals surface area contributed by atoms with Crippen LogP contribution in [-0.4, -0.2) is 56.7 Å². The van der Waals surface area contributed by atoms with Gasteiger partial charge in [0.15, 0.2) is 0 Å². The number of hydrogen-bond acceptors (Lipinski definition) is 7. The Hall–Kier alpha value is -7.65. The molecule has 1 aliphatic heterocycles. The molecule has 2 saturated carbocycles. The van der Waals surface area contributed by atoms with Gasteiger partial charge in [-0.3, -0.25) is 0 Å². The minimum absolute atomic E-state index is 0. The minimum Gasteiger partial charge on any atom is -0.496 e. The number of hydrogen-bond donors (Lipinski definition) is 0. The Kier molecular flexibility index (Phi) is 31.8. The molecule has 2 radical (unpaired) electrons. The van der Waals surface area contributed by atoms with Gasteiger partial charge >= 0.3 is 7.12 Å². The molecule has 12 aromatic rings. The van der Waals surface area contributed by atoms with Crippen molar-refractivity contribution in [3.8, 4) is 73.0 Å². The Bertz CT molecular complexity index is 4020. The second-order valence-corrected chi connectivity index (χ2v) is 29.0. The van der Waals surface area contributed by atoms with Crippen molar-refractivity contribution in [1.82, 2.24) is 19.9 Å². The summed E-state index contributed by atoms with van der Waals surface area (Å²) in [6, 6.07) is 99.9. The molecule has 15 rings (SSSR count). The number of benzene rings is 8. The van der Waals surface area contributed by atoms with Crippen molar-refractivity contribution in [2.45, 2.75) is 121 Å². The smallest absolute Gasteiger partial charge is 0.494 e. The van der Waals surface area contributed by atoms with Crippen LogP contribution in [0.1, 0.15) is 97.5 Å². The Morgan fingerprint density at radius 3 is 1.31 bits per heavy atom. The van der Waals surface area contributed by atoms with Crippen LogP contribution in [0.3, 0.4) is 0 Å². The van der Waals surface area contributed by atoms with E-state index in [0.717, 1.165) is 72.0 Å². The van der Waals surface area contributed by atoms with Crippen LogP contribution in [0.25, 0.3) is 67.3 Å². The Labute approximate surface area is 632 Å². The van der Waals surface area contributed by atoms with Crippen LogP contribution in [0.5, 0.6) is 5.75 Å². The van der Waals surface area contributed by atoms with Gasteiger partial charge in [0.05, 0.1) is 18.3 Å². The maximum atomic E-state index is 6.08. The van der Waals surface area contributed by atoms with Gasteiger partial charge in [-0.25, -0.2) is 0 Å². The van der Waals surface area contributed by atoms with Crippen LogP contribution in [0.2, 0.25) is 0 Å². The SMILES string of the molecule is Brc1ccccc1.CC1(C)OB(c2ccnc(-c3[c-]cccc3)c2)OC1(C)C.COc1cccc(C)c1-c1ccccc1P(C1CCCCC1)C1CCCCC1.[Ir].[Ir].[c-]1ccccc1-c1cc(-c2ccccc2)ccn1.[c-]1ccccc1-c1ccccn1.[c-]1ccccc1-c1ccccn1. The van der Waals surface area contributed by atoms with Gasteiger partial charge in [0, 0.05) is 75.0 Å². The normalized spacial score (nSPS) is 14.3. The van der Waals surface area contributed by atoms with Crippen LogP contribution in [0, 0.1) is 31.2 Å². The third kappa shape index (κ3) is 22.7. The molecule has 7 nitrogen and oxygen atoms in total. The molecule has 2 aliphatic carbocycles. The van der Waals surface area contributed by atoms with E-state index in [0.29, 0.717) is 0 Å². The first-order valence-corrected chi connectivity index (χ1v) is 36.5. The van der Waals surface area contributed by atoms with Gasteiger partial charge in [-0.05, 0) is 170 Å². The predicted octanol–water partition coefficient (Wildman–Crippen LogP) is 22.0. The molecule has 0 N–H and O–H groups in total. The number of ether oxygens (including phenoxy) is 1. The molecule has 514 valence electrons. The maximum absolute atomic E-state index is 6.08. The van der Waals surface area contributed by atoms with E-state index in [-0.39, 0.29) is 66.5 Å². The van der Waals surface area contributed by atoms with E-state index in [1.54, 1.807) is 23.9 Å². The molecule has 8 aromatic carbocycles. The van der Waals surface area contributed by atoms with Gasteiger partial charge in [-0.2, -0.15) is 0 Å². The summed E-state index contributed by atoms with van der Waals surface area (Å²) in [6.07, 6.45) is 21.6. The Balaban J connectivity index is 0.000000159. The first kappa shape index (κ1) is 78.1. The molecule has 0 unspecified atom stereocenters. The molecule has 12 heteroatoms. The number of aromatic nitrogens is 4. The average molecular weight is 1750 g/mol. The molecule has 3 aliphatic rings. The molecule has 4 aromatic heterocycles. The number of nitrogens with zero attached hydrogens (tertiary/aromatic N) is 4. The second kappa shape index (κ2) is 40.7. The fourth-order valence-electron chi connectivity index (χ4n) is 12.3. The summed E-state index contributed by atoms with van der Waals surface area (Å²) in [6.45, 7) is 10.5. The third-order valence-electron chi connectivity index (χ3n) is 18.0. The molecule has 0 spiro atoms. The Morgan fingerprint density at radius 1 is 0.430 bits per heavy atom. The summed E-state index contributed by atoms with van der Waals surface area (Å²) >= 11 is 3.31. The summed E-state index contributed by atoms with van der Waals surface area (Å²) < 4.78 is 19.1. The standard InChI is InChI=1S/C26H35OP.C17H19BNO2.C17H12N.2C11H8N.C6H5Br.2Ir/c1-20-12-11-18-24(27-2)26(20)23-17-9-10-19-25(23)28(21-13-5-3-6-14-21)22-15-7-4-8-16-22;1-16(2)17(3,4)21-18(20-16)14-10-11-19-15(12-14)13-8-6-5-7-9-13;1-3-7-14(8-4-1)16-11-12-18-17(13-16)15-9-5-2-6-10-15;2*1-2-6-10(7-3-1)11-8-4-5-9-12-11;7-6-4-2-1-3-5-6;;/h9-12,17-19,21-22H,3-8,13-16H2,1-2H3;5-8,10-12H,1-4H3;1-9,11-13H;2*1-6,8-9H;1-5H;;/q;4*-1;;;. The summed E-state index contributed by atoms with van der Waals surface area (Å²) in [5.41, 5.74) is 16.5. The summed E-state index contributed by atoms with van der Waals surface area (Å²) in [4.78, 5) is 17.3. The van der Waals surface area contributed by atoms with Gasteiger partial charge in [0.1, 0.15) is 5.75 Å². The average Bonchev–Trinajstić information content (AvgIpc) is 0.955. The van der Waals surface area contributed by atoms with Crippen molar-refractivity contribution in [3.05, 3.63) is 320 Å². The van der Waals surface area contributed by atoms with Crippen molar-refractivity contribution in [1.29, 1.82) is 0 Å². The van der Waals surface area contributed by atoms with Gasteiger partial charge < -0.3 is 34.0 Å². The van der Waals surface area contributed by atoms with Crippen molar-refractivity contribution in [2.24, 2.45) is 0 Å². The van der Waals surface area contributed by atoms with Crippen molar-refractivity contribution >= 4 is 41.7 Å². The summed E-state index contributed by atoms with van der Waals surface area (Å²) in [5, 5.41) is 1.66. The molecule has 3 fully saturated rings. The number of rotatable bonds is 11. The van der Waals surface area contributed by atoms with Gasteiger partial charge in [-0.1, -0.05) is 184 Å². The second-order valence-electron chi connectivity index (χ2n) is 25.3. The quantitative estimate of drug-likeness (QED) is 0.0725. The monoisotopic (exact) mass is 1750 g/mol. The predicted molar refractivity (Wildman–Crippen MR) is 413 cm³/mol. The molecule has 0 bridgehead atoms. The van der Waals surface area contributed by atoms with Crippen LogP contribution in [-0.2, 0) is 49.5 Å². The fraction of sp³-hybridized carbons (Fsp3) is 0.227. The van der Waals surface area contributed by atoms with E-state index in [4.69, 9.17) is 14.0 Å². The first-order chi connectivity index (χ1) is 47.9. The molecular weight excluding hydrogens is 1670 g/mol. The van der Waals surface area contributed by atoms with Crippen LogP contribution in [0.4, 0.5) is 0 Å². The molecule has 1 saturated heterocycles. The topological polar surface area (TPSA) is 79.2 Å². The zero-order valence-electron chi connectivity index (χ0n) is 57.9. The first-order valence-electron chi connectivity index (χ1n) is 34.2. The van der Waals surface area contributed by atoms with Crippen LogP contribution in [0.15, 0.2) is 290 Å². The van der Waals surface area contributed by atoms with E-state index in [1.807, 2.05) is 213 Å². The molecule has 100 heavy (non-hydrogen) atoms. The van der Waals surface area contributed by atoms with Crippen molar-refractivity contribution < 1.29 is 54.3 Å². The third-order valence-corrected chi connectivity index (χ3v) is 22.1. The summed E-state index contributed by atoms with van der Waals surface area (Å²) in [5.74, 6) is 1.02. The van der Waals surface area contributed by atoms with Gasteiger partial charge in [0.25, 0.3) is 0 Å². The van der Waals surface area contributed by atoms with E-state index in [2.05, 4.69) is 155 Å². The zero-order valence-corrected chi connectivity index (χ0v) is 65.2. The minimum atomic E-state index is -0.361. The summed E-state index contributed by atoms with van der Waals surface area (Å²) in [7, 11) is 1.33. The maximum Gasteiger partial charge on any atom is 0.494 e. The molecule has 0 atom stereocenters. The van der Waals surface area contributed by atoms with Crippen molar-refractivity contribution in [3.63, 3.8) is 0 Å². The van der Waals surface area contributed by atoms with E-state index in [9.17, 15) is 0 Å². The van der Waals surface area contributed by atoms with E-state index in [1.165, 1.54) is 92.0 Å². The van der Waals surface area contributed by atoms with E-state index < -0.39 is 0 Å². The molecule has 5 heterocycles. The van der Waals surface area contributed by atoms with E-state index >= 15 is 0 Å². The zero-order chi connectivity index (χ0) is 68.2. The molecular formula is C88H87BBrIr2N4O3P-4. The largest absolute Gasteiger partial charge is 0.496 e. The van der Waals surface area contributed by atoms with Crippen LogP contribution >= 0.6 is 23.9 Å². The van der Waals surface area contributed by atoms with Gasteiger partial charge in [-0.15, -0.1) is 144 Å². The number of pyridine rings is 4. The van der Waals surface area contributed by atoms with Gasteiger partial charge in [0.2, 0.25) is 0 Å². The van der Waals surface area contributed by atoms with Crippen molar-refractivity contribution in [2.75, 3.05) is 7.11 Å². The number of halogens is 1. The van der Waals surface area contributed by atoms with Crippen LogP contribution < -0.4 is 15.5 Å². The molecule has 0 amide bonds. The fourth-order valence-corrected chi connectivity index (χ4v) is 16.5.